The molecule has 9 nitrogen and oxygen atoms in total. The summed E-state index contributed by atoms with van der Waals surface area (Å²) >= 11 is 0. The van der Waals surface area contributed by atoms with Gasteiger partial charge in [0.25, 0.3) is 0 Å². The maximum atomic E-state index is 12.8. The highest BCUT2D eigenvalue weighted by Crippen LogP contribution is 2.35. The smallest absolute Gasteiger partial charge is 0.332 e. The maximum Gasteiger partial charge on any atom is 0.332 e. The maximum absolute atomic E-state index is 12.8. The molecule has 0 atom stereocenters. The van der Waals surface area contributed by atoms with Gasteiger partial charge in [-0.1, -0.05) is 6.07 Å². The molecule has 0 saturated carbocycles. The van der Waals surface area contributed by atoms with Crippen molar-refractivity contribution in [2.24, 2.45) is 0 Å². The standard InChI is InChI=1S/C24H29NO8S/c1-6-33-24(26)9-11-25-20-13-17(7-8-21(20)30-3)16-34(27,28)12-10-19-22(31-4)14-18(29-2)15-23(19)32-5/h7-15,25H,6,16H2,1-5H3/b11-9-,12-10+. The van der Waals surface area contributed by atoms with Crippen molar-refractivity contribution in [3.05, 3.63) is 59.1 Å². The van der Waals surface area contributed by atoms with E-state index in [9.17, 15) is 13.2 Å². The molecule has 184 valence electrons. The molecule has 0 aliphatic rings. The second-order valence-electron chi connectivity index (χ2n) is 6.82. The summed E-state index contributed by atoms with van der Waals surface area (Å²) in [5, 5.41) is 4.02. The summed E-state index contributed by atoms with van der Waals surface area (Å²) in [6.07, 6.45) is 4.05. The number of hydrogen-bond donors (Lipinski definition) is 1. The van der Waals surface area contributed by atoms with E-state index in [1.54, 1.807) is 37.3 Å². The highest BCUT2D eigenvalue weighted by atomic mass is 32.2. The van der Waals surface area contributed by atoms with Gasteiger partial charge < -0.3 is 29.0 Å². The fraction of sp³-hybridized carbons (Fsp3) is 0.292. The van der Waals surface area contributed by atoms with E-state index < -0.39 is 15.8 Å². The zero-order valence-corrected chi connectivity index (χ0v) is 20.6. The van der Waals surface area contributed by atoms with Gasteiger partial charge in [-0.15, -0.1) is 0 Å². The molecule has 0 amide bonds. The van der Waals surface area contributed by atoms with E-state index in [4.69, 9.17) is 23.7 Å². The van der Waals surface area contributed by atoms with Gasteiger partial charge in [0.1, 0.15) is 23.0 Å². The Balaban J connectivity index is 2.26. The topological polar surface area (TPSA) is 109 Å². The van der Waals surface area contributed by atoms with Crippen LogP contribution in [0.5, 0.6) is 23.0 Å². The fourth-order valence-corrected chi connectivity index (χ4v) is 4.08. The summed E-state index contributed by atoms with van der Waals surface area (Å²) in [7, 11) is 2.29. The third kappa shape index (κ3) is 7.45. The minimum atomic E-state index is -3.66. The number of methoxy groups -OCH3 is 4. The Labute approximate surface area is 199 Å². The molecule has 0 aliphatic carbocycles. The van der Waals surface area contributed by atoms with Crippen molar-refractivity contribution >= 4 is 27.6 Å². The van der Waals surface area contributed by atoms with E-state index in [-0.39, 0.29) is 12.4 Å². The molecule has 0 radical (unpaired) electrons. The van der Waals surface area contributed by atoms with Crippen molar-refractivity contribution in [2.45, 2.75) is 12.7 Å². The largest absolute Gasteiger partial charge is 0.496 e. The van der Waals surface area contributed by atoms with Gasteiger partial charge in [0, 0.05) is 29.8 Å². The number of carbonyl (C=O) groups excluding carboxylic acids is 1. The van der Waals surface area contributed by atoms with Crippen LogP contribution in [0, 0.1) is 0 Å². The molecule has 1 N–H and O–H groups in total. The second-order valence-corrected chi connectivity index (χ2v) is 8.71. The minimum absolute atomic E-state index is 0.259. The average Bonchev–Trinajstić information content (AvgIpc) is 2.82. The SMILES string of the molecule is CCOC(=O)/C=C\Nc1cc(CS(=O)(=O)/C=C/c2c(OC)cc(OC)cc2OC)ccc1OC. The number of nitrogens with one attached hydrogen (secondary N) is 1. The first-order chi connectivity index (χ1) is 16.3. The second kappa shape index (κ2) is 12.5. The third-order valence-corrected chi connectivity index (χ3v) is 5.86. The number of benzene rings is 2. The lowest BCUT2D eigenvalue weighted by atomic mass is 10.1. The van der Waals surface area contributed by atoms with Gasteiger partial charge in [0.2, 0.25) is 0 Å². The van der Waals surface area contributed by atoms with Crippen LogP contribution in [0.2, 0.25) is 0 Å². The minimum Gasteiger partial charge on any atom is -0.496 e. The van der Waals surface area contributed by atoms with Crippen LogP contribution in [0.3, 0.4) is 0 Å². The third-order valence-electron chi connectivity index (χ3n) is 4.57. The van der Waals surface area contributed by atoms with Crippen LogP contribution in [0.4, 0.5) is 5.69 Å². The van der Waals surface area contributed by atoms with Crippen molar-refractivity contribution in [3.63, 3.8) is 0 Å². The van der Waals surface area contributed by atoms with Crippen molar-refractivity contribution in [2.75, 3.05) is 40.4 Å². The van der Waals surface area contributed by atoms with E-state index in [1.165, 1.54) is 46.8 Å². The fourth-order valence-electron chi connectivity index (χ4n) is 3.00. The van der Waals surface area contributed by atoms with Crippen LogP contribution in [0.15, 0.2) is 48.0 Å². The zero-order chi connectivity index (χ0) is 25.1. The van der Waals surface area contributed by atoms with Gasteiger partial charge >= 0.3 is 5.97 Å². The first-order valence-electron chi connectivity index (χ1n) is 10.2. The first kappa shape index (κ1) is 26.6. The molecule has 0 bridgehead atoms. The molecular formula is C24H29NO8S. The number of ether oxygens (including phenoxy) is 5. The summed E-state index contributed by atoms with van der Waals surface area (Å²) in [4.78, 5) is 11.5. The van der Waals surface area contributed by atoms with E-state index in [0.29, 0.717) is 39.8 Å². The van der Waals surface area contributed by atoms with Gasteiger partial charge in [0.15, 0.2) is 9.84 Å². The Morgan fingerprint density at radius 3 is 2.15 bits per heavy atom. The van der Waals surface area contributed by atoms with Crippen LogP contribution in [0.1, 0.15) is 18.1 Å². The van der Waals surface area contributed by atoms with Crippen LogP contribution < -0.4 is 24.3 Å². The Hall–Kier alpha value is -3.66. The number of anilines is 1. The molecule has 2 aromatic carbocycles. The number of sulfone groups is 1. The van der Waals surface area contributed by atoms with Crippen molar-refractivity contribution in [1.29, 1.82) is 0 Å². The van der Waals surface area contributed by atoms with Gasteiger partial charge in [-0.3, -0.25) is 0 Å². The van der Waals surface area contributed by atoms with Crippen LogP contribution >= 0.6 is 0 Å². The molecule has 0 spiro atoms. The predicted octanol–water partition coefficient (Wildman–Crippen LogP) is 3.80. The van der Waals surface area contributed by atoms with Crippen LogP contribution in [-0.2, 0) is 25.1 Å². The molecule has 34 heavy (non-hydrogen) atoms. The Kier molecular flexibility index (Phi) is 9.81. The Morgan fingerprint density at radius 1 is 0.941 bits per heavy atom. The van der Waals surface area contributed by atoms with Gasteiger partial charge in [-0.05, 0) is 30.7 Å². The van der Waals surface area contributed by atoms with Crippen LogP contribution in [0.25, 0.3) is 6.08 Å². The summed E-state index contributed by atoms with van der Waals surface area (Å²) in [6.45, 7) is 1.98. The number of esters is 1. The molecular weight excluding hydrogens is 462 g/mol. The molecule has 0 fully saturated rings. The molecule has 0 aromatic heterocycles. The van der Waals surface area contributed by atoms with Crippen molar-refractivity contribution in [1.82, 2.24) is 0 Å². The summed E-state index contributed by atoms with van der Waals surface area (Å²) in [5.41, 5.74) is 1.49. The quantitative estimate of drug-likeness (QED) is 0.350. The van der Waals surface area contributed by atoms with Crippen molar-refractivity contribution in [3.8, 4) is 23.0 Å². The lowest BCUT2D eigenvalue weighted by Gasteiger charge is -2.12. The van der Waals surface area contributed by atoms with Crippen LogP contribution in [-0.4, -0.2) is 49.4 Å². The monoisotopic (exact) mass is 491 g/mol. The molecule has 0 unspecified atom stereocenters. The molecule has 0 saturated heterocycles. The van der Waals surface area contributed by atoms with Gasteiger partial charge in [-0.25, -0.2) is 13.2 Å². The van der Waals surface area contributed by atoms with E-state index in [1.807, 2.05) is 0 Å². The average molecular weight is 492 g/mol. The summed E-state index contributed by atoms with van der Waals surface area (Å²) in [5.74, 6) is 1.06. The molecule has 2 aromatic rings. The lowest BCUT2D eigenvalue weighted by molar-refractivity contribution is -0.137. The number of carbonyl (C=O) groups is 1. The van der Waals surface area contributed by atoms with Crippen molar-refractivity contribution < 1.29 is 36.9 Å². The van der Waals surface area contributed by atoms with E-state index in [2.05, 4.69) is 5.32 Å². The van der Waals surface area contributed by atoms with E-state index in [0.717, 1.165) is 5.41 Å². The number of hydrogen-bond acceptors (Lipinski definition) is 9. The number of rotatable bonds is 12. The first-order valence-corrected chi connectivity index (χ1v) is 12.0. The van der Waals surface area contributed by atoms with E-state index >= 15 is 0 Å². The Bertz CT molecular complexity index is 1130. The molecule has 2 rings (SSSR count). The summed E-state index contributed by atoms with van der Waals surface area (Å²) in [6, 6.07) is 8.21. The molecule has 0 aliphatic heterocycles. The normalized spacial score (nSPS) is 11.4. The molecule has 0 heterocycles. The lowest BCUT2D eigenvalue weighted by Crippen LogP contribution is -2.03. The van der Waals surface area contributed by atoms with Gasteiger partial charge in [0.05, 0.1) is 52.0 Å². The highest BCUT2D eigenvalue weighted by molar-refractivity contribution is 7.93. The molecule has 10 heteroatoms. The zero-order valence-electron chi connectivity index (χ0n) is 19.8. The van der Waals surface area contributed by atoms with Gasteiger partial charge in [-0.2, -0.15) is 0 Å². The highest BCUT2D eigenvalue weighted by Gasteiger charge is 2.14. The Morgan fingerprint density at radius 2 is 1.59 bits per heavy atom. The predicted molar refractivity (Wildman–Crippen MR) is 130 cm³/mol. The summed E-state index contributed by atoms with van der Waals surface area (Å²) < 4.78 is 51.7.